The second-order valence-electron chi connectivity index (χ2n) is 10.00. The Labute approximate surface area is 225 Å². The molecule has 1 saturated heterocycles. The molecule has 5 atom stereocenters. The fraction of sp³-hybridized carbons (Fsp3) is 0.429. The van der Waals surface area contributed by atoms with Gasteiger partial charge >= 0.3 is 0 Å². The van der Waals surface area contributed by atoms with E-state index in [-0.39, 0.29) is 18.0 Å². The van der Waals surface area contributed by atoms with Crippen LogP contribution in [0.4, 0.5) is 0 Å². The van der Waals surface area contributed by atoms with Gasteiger partial charge in [-0.3, -0.25) is 9.59 Å². The summed E-state index contributed by atoms with van der Waals surface area (Å²) in [6.45, 7) is 2.37. The highest BCUT2D eigenvalue weighted by Gasteiger charge is 2.44. The molecule has 210 valence electrons. The van der Waals surface area contributed by atoms with E-state index in [9.17, 15) is 30.0 Å². The van der Waals surface area contributed by atoms with Crippen molar-refractivity contribution in [1.82, 2.24) is 14.8 Å². The van der Waals surface area contributed by atoms with Crippen molar-refractivity contribution in [2.75, 3.05) is 33.8 Å². The number of hydrogen-bond acceptors (Lipinski definition) is 9. The highest BCUT2D eigenvalue weighted by atomic mass is 16.7. The predicted octanol–water partition coefficient (Wildman–Crippen LogP) is -0.167. The lowest BCUT2D eigenvalue weighted by Gasteiger charge is -2.39. The number of nitrogens with one attached hydrogen (secondary N) is 1. The van der Waals surface area contributed by atoms with E-state index in [1.165, 1.54) is 4.57 Å². The number of hydrogen-bond donors (Lipinski definition) is 5. The first-order chi connectivity index (χ1) is 18.6. The van der Waals surface area contributed by atoms with E-state index in [0.29, 0.717) is 29.8 Å². The minimum atomic E-state index is -1.54. The van der Waals surface area contributed by atoms with Crippen LogP contribution < -0.4 is 15.6 Å². The average Bonchev–Trinajstić information content (AvgIpc) is 2.91. The maximum absolute atomic E-state index is 13.2. The second-order valence-corrected chi connectivity index (χ2v) is 10.00. The molecule has 1 aliphatic rings. The first-order valence-corrected chi connectivity index (χ1v) is 12.7. The molecule has 2 aromatic carbocycles. The molecule has 39 heavy (non-hydrogen) atoms. The van der Waals surface area contributed by atoms with Crippen molar-refractivity contribution in [3.8, 4) is 16.9 Å². The number of aliphatic hydroxyl groups is 4. The molecule has 0 radical (unpaired) electrons. The van der Waals surface area contributed by atoms with E-state index in [1.807, 2.05) is 37.2 Å². The highest BCUT2D eigenvalue weighted by molar-refractivity contribution is 5.87. The van der Waals surface area contributed by atoms with Crippen LogP contribution in [0.15, 0.2) is 53.5 Å². The lowest BCUT2D eigenvalue weighted by molar-refractivity contribution is -0.277. The second kappa shape index (κ2) is 12.2. The van der Waals surface area contributed by atoms with Crippen LogP contribution in [0, 0.1) is 6.92 Å². The SMILES string of the molecule is Cc1cc(-c2ccc3ccn(CC(=O)NCCN(C)C)c(=O)c3c2)ccc1O[C@H]1O[C@H](CO)[C@@H](O)[C@H](O)[C@@H]1O. The third-order valence-corrected chi connectivity index (χ3v) is 6.77. The summed E-state index contributed by atoms with van der Waals surface area (Å²) in [6, 6.07) is 12.6. The Morgan fingerprint density at radius 1 is 1.05 bits per heavy atom. The number of aryl methyl sites for hydroxylation is 1. The van der Waals surface area contributed by atoms with Crippen LogP contribution >= 0.6 is 0 Å². The maximum atomic E-state index is 13.2. The zero-order chi connectivity index (χ0) is 28.3. The average molecular weight is 542 g/mol. The van der Waals surface area contributed by atoms with Gasteiger partial charge in [0.15, 0.2) is 0 Å². The molecule has 0 spiro atoms. The van der Waals surface area contributed by atoms with Crippen molar-refractivity contribution in [2.45, 2.75) is 44.2 Å². The molecule has 0 aliphatic carbocycles. The number of carbonyl (C=O) groups excluding carboxylic acids is 1. The minimum absolute atomic E-state index is 0.0739. The Kier molecular flexibility index (Phi) is 9.01. The number of carbonyl (C=O) groups is 1. The van der Waals surface area contributed by atoms with Crippen molar-refractivity contribution in [1.29, 1.82) is 0 Å². The fourth-order valence-electron chi connectivity index (χ4n) is 4.46. The molecule has 1 fully saturated rings. The molecular formula is C28H35N3O8. The van der Waals surface area contributed by atoms with Crippen LogP contribution in [0.5, 0.6) is 5.75 Å². The molecule has 5 N–H and O–H groups in total. The van der Waals surface area contributed by atoms with Gasteiger partial charge in [-0.2, -0.15) is 0 Å². The van der Waals surface area contributed by atoms with Crippen molar-refractivity contribution < 1.29 is 34.7 Å². The van der Waals surface area contributed by atoms with Gasteiger partial charge in [-0.15, -0.1) is 0 Å². The predicted molar refractivity (Wildman–Crippen MR) is 144 cm³/mol. The number of aromatic nitrogens is 1. The molecule has 0 bridgehead atoms. The Balaban J connectivity index is 1.53. The highest BCUT2D eigenvalue weighted by Crippen LogP contribution is 2.30. The Morgan fingerprint density at radius 3 is 2.46 bits per heavy atom. The number of benzene rings is 2. The number of rotatable bonds is 9. The summed E-state index contributed by atoms with van der Waals surface area (Å²) < 4.78 is 12.6. The molecular weight excluding hydrogens is 506 g/mol. The quantitative estimate of drug-likeness (QED) is 0.249. The van der Waals surface area contributed by atoms with Gasteiger partial charge in [0, 0.05) is 24.7 Å². The van der Waals surface area contributed by atoms with E-state index in [4.69, 9.17) is 9.47 Å². The van der Waals surface area contributed by atoms with Crippen LogP contribution in [0.2, 0.25) is 0 Å². The molecule has 2 heterocycles. The Hall–Kier alpha value is -3.32. The van der Waals surface area contributed by atoms with E-state index in [1.54, 1.807) is 37.4 Å². The zero-order valence-corrected chi connectivity index (χ0v) is 22.2. The summed E-state index contributed by atoms with van der Waals surface area (Å²) in [4.78, 5) is 27.4. The summed E-state index contributed by atoms with van der Waals surface area (Å²) >= 11 is 0. The normalized spacial score (nSPS) is 23.2. The topological polar surface area (TPSA) is 154 Å². The number of amides is 1. The molecule has 1 aliphatic heterocycles. The van der Waals surface area contributed by atoms with Crippen LogP contribution in [-0.2, 0) is 16.1 Å². The van der Waals surface area contributed by atoms with Gasteiger partial charge in [-0.1, -0.05) is 18.2 Å². The van der Waals surface area contributed by atoms with Crippen LogP contribution in [0.25, 0.3) is 21.9 Å². The van der Waals surface area contributed by atoms with Gasteiger partial charge in [0.2, 0.25) is 12.2 Å². The van der Waals surface area contributed by atoms with E-state index in [2.05, 4.69) is 5.32 Å². The summed E-state index contributed by atoms with van der Waals surface area (Å²) in [5.41, 5.74) is 2.03. The minimum Gasteiger partial charge on any atom is -0.462 e. The molecule has 11 heteroatoms. The monoisotopic (exact) mass is 541 g/mol. The zero-order valence-electron chi connectivity index (χ0n) is 22.2. The van der Waals surface area contributed by atoms with E-state index in [0.717, 1.165) is 16.5 Å². The smallest absolute Gasteiger partial charge is 0.258 e. The molecule has 11 nitrogen and oxygen atoms in total. The number of likely N-dealkylation sites (N-methyl/N-ethyl adjacent to an activating group) is 1. The third-order valence-electron chi connectivity index (χ3n) is 6.77. The van der Waals surface area contributed by atoms with Gasteiger partial charge in [-0.05, 0) is 67.4 Å². The van der Waals surface area contributed by atoms with Gasteiger partial charge in [0.25, 0.3) is 5.56 Å². The number of pyridine rings is 1. The lowest BCUT2D eigenvalue weighted by Crippen LogP contribution is -2.60. The van der Waals surface area contributed by atoms with Crippen LogP contribution in [0.3, 0.4) is 0 Å². The number of aliphatic hydroxyl groups excluding tert-OH is 4. The van der Waals surface area contributed by atoms with Gasteiger partial charge in [0.1, 0.15) is 36.7 Å². The Bertz CT molecular complexity index is 1370. The summed E-state index contributed by atoms with van der Waals surface area (Å²) in [5, 5.41) is 43.7. The third kappa shape index (κ3) is 6.47. The van der Waals surface area contributed by atoms with Crippen molar-refractivity contribution in [2.24, 2.45) is 0 Å². The molecule has 3 aromatic rings. The van der Waals surface area contributed by atoms with Crippen molar-refractivity contribution in [3.63, 3.8) is 0 Å². The summed E-state index contributed by atoms with van der Waals surface area (Å²) in [5.74, 6) is 0.145. The first-order valence-electron chi connectivity index (χ1n) is 12.7. The van der Waals surface area contributed by atoms with E-state index < -0.39 is 37.3 Å². The largest absolute Gasteiger partial charge is 0.462 e. The van der Waals surface area contributed by atoms with Gasteiger partial charge in [0.05, 0.1) is 6.61 Å². The van der Waals surface area contributed by atoms with E-state index >= 15 is 0 Å². The standard InChI is InChI=1S/C28H35N3O8/c1-16-12-18(6-7-21(16)38-28-26(36)25(35)24(34)22(15-32)39-28)19-5-4-17-8-10-31(27(37)20(17)13-19)14-23(33)29-9-11-30(2)3/h4-8,10,12-13,22,24-26,28,32,34-36H,9,11,14-15H2,1-3H3,(H,29,33)/t22-,24-,25+,26+,28+/m1/s1. The molecule has 1 aromatic heterocycles. The van der Waals surface area contributed by atoms with Crippen molar-refractivity contribution >= 4 is 16.7 Å². The lowest BCUT2D eigenvalue weighted by atomic mass is 9.99. The summed E-state index contributed by atoms with van der Waals surface area (Å²) in [6.07, 6.45) is -5.26. The van der Waals surface area contributed by atoms with Crippen LogP contribution in [0.1, 0.15) is 5.56 Å². The fourth-order valence-corrected chi connectivity index (χ4v) is 4.46. The van der Waals surface area contributed by atoms with Crippen molar-refractivity contribution in [3.05, 3.63) is 64.6 Å². The molecule has 0 saturated carbocycles. The van der Waals surface area contributed by atoms with Crippen LogP contribution in [-0.4, -0.2) is 100 Å². The number of fused-ring (bicyclic) bond motifs is 1. The van der Waals surface area contributed by atoms with Gasteiger partial charge < -0.3 is 44.7 Å². The molecule has 1 amide bonds. The molecule has 4 rings (SSSR count). The van der Waals surface area contributed by atoms with Gasteiger partial charge in [-0.25, -0.2) is 0 Å². The Morgan fingerprint density at radius 2 is 1.77 bits per heavy atom. The number of nitrogens with zero attached hydrogens (tertiary/aromatic N) is 2. The molecule has 0 unspecified atom stereocenters. The number of ether oxygens (including phenoxy) is 2. The first kappa shape index (κ1) is 28.7. The summed E-state index contributed by atoms with van der Waals surface area (Å²) in [7, 11) is 3.83. The maximum Gasteiger partial charge on any atom is 0.258 e.